The predicted molar refractivity (Wildman–Crippen MR) is 73.7 cm³/mol. The molecule has 5 nitrogen and oxygen atoms in total. The molecule has 0 spiro atoms. The van der Waals surface area contributed by atoms with E-state index in [4.69, 9.17) is 5.73 Å². The molecule has 1 aromatic heterocycles. The Hall–Kier alpha value is -0.980. The first-order valence-electron chi connectivity index (χ1n) is 6.30. The van der Waals surface area contributed by atoms with Gasteiger partial charge in [-0.2, -0.15) is 0 Å². The lowest BCUT2D eigenvalue weighted by Gasteiger charge is -2.15. The number of amides is 1. The second kappa shape index (κ2) is 5.77. The minimum Gasteiger partial charge on any atom is -0.326 e. The molecule has 1 aromatic rings. The predicted octanol–water partition coefficient (Wildman–Crippen LogP) is 1.05. The van der Waals surface area contributed by atoms with E-state index >= 15 is 0 Å². The minimum atomic E-state index is 0.0431. The van der Waals surface area contributed by atoms with Gasteiger partial charge in [-0.1, -0.05) is 0 Å². The molecule has 2 rings (SSSR count). The summed E-state index contributed by atoms with van der Waals surface area (Å²) in [5, 5.41) is 2.83. The van der Waals surface area contributed by atoms with Gasteiger partial charge in [-0.3, -0.25) is 14.6 Å². The van der Waals surface area contributed by atoms with Crippen molar-refractivity contribution in [1.82, 2.24) is 9.88 Å². The van der Waals surface area contributed by atoms with Crippen LogP contribution >= 0.6 is 11.3 Å². The summed E-state index contributed by atoms with van der Waals surface area (Å²) in [4.78, 5) is 20.0. The van der Waals surface area contributed by atoms with Crippen molar-refractivity contribution < 1.29 is 4.79 Å². The first-order valence-corrected chi connectivity index (χ1v) is 7.18. The van der Waals surface area contributed by atoms with Crippen molar-refractivity contribution in [2.24, 2.45) is 5.73 Å². The zero-order chi connectivity index (χ0) is 13.1. The summed E-state index contributed by atoms with van der Waals surface area (Å²) < 4.78 is 0. The smallest absolute Gasteiger partial charge is 0.225 e. The lowest BCUT2D eigenvalue weighted by atomic mass is 10.3. The van der Waals surface area contributed by atoms with Crippen molar-refractivity contribution in [2.75, 3.05) is 24.5 Å². The Morgan fingerprint density at radius 3 is 3.06 bits per heavy atom. The van der Waals surface area contributed by atoms with E-state index in [9.17, 15) is 4.79 Å². The summed E-state index contributed by atoms with van der Waals surface area (Å²) in [7, 11) is 0. The molecular formula is C12H20N4OS. The average molecular weight is 268 g/mol. The molecule has 1 saturated heterocycles. The van der Waals surface area contributed by atoms with Gasteiger partial charge in [-0.15, -0.1) is 11.3 Å². The van der Waals surface area contributed by atoms with Crippen LogP contribution < -0.4 is 10.6 Å². The SMILES string of the molecule is CCN(C(C)=O)c1nc(CN2CC[C@H](N)C2)cs1. The molecule has 6 heteroatoms. The highest BCUT2D eigenvalue weighted by molar-refractivity contribution is 7.14. The van der Waals surface area contributed by atoms with Crippen LogP contribution in [0.1, 0.15) is 26.0 Å². The molecule has 1 fully saturated rings. The molecule has 100 valence electrons. The molecule has 1 amide bonds. The van der Waals surface area contributed by atoms with Crippen molar-refractivity contribution in [3.05, 3.63) is 11.1 Å². The number of anilines is 1. The molecule has 0 aliphatic carbocycles. The van der Waals surface area contributed by atoms with E-state index in [0.717, 1.165) is 36.9 Å². The molecule has 0 radical (unpaired) electrons. The number of hydrogen-bond donors (Lipinski definition) is 1. The quantitative estimate of drug-likeness (QED) is 0.886. The summed E-state index contributed by atoms with van der Waals surface area (Å²) in [6, 6.07) is 0.299. The normalized spacial score (nSPS) is 20.3. The van der Waals surface area contributed by atoms with E-state index < -0.39 is 0 Å². The monoisotopic (exact) mass is 268 g/mol. The number of thiazole rings is 1. The van der Waals surface area contributed by atoms with Gasteiger partial charge >= 0.3 is 0 Å². The van der Waals surface area contributed by atoms with Crippen molar-refractivity contribution in [3.63, 3.8) is 0 Å². The third kappa shape index (κ3) is 3.07. The van der Waals surface area contributed by atoms with E-state index in [0.29, 0.717) is 12.6 Å². The van der Waals surface area contributed by atoms with Crippen molar-refractivity contribution in [3.8, 4) is 0 Å². The standard InChI is InChI=1S/C12H20N4OS/c1-3-16(9(2)17)12-14-11(8-18-12)7-15-5-4-10(13)6-15/h8,10H,3-7,13H2,1-2H3/t10-/m0/s1. The Morgan fingerprint density at radius 2 is 2.50 bits per heavy atom. The third-order valence-electron chi connectivity index (χ3n) is 3.16. The van der Waals surface area contributed by atoms with Gasteiger partial charge in [0.15, 0.2) is 5.13 Å². The Morgan fingerprint density at radius 1 is 1.72 bits per heavy atom. The summed E-state index contributed by atoms with van der Waals surface area (Å²) in [5.41, 5.74) is 6.91. The summed E-state index contributed by atoms with van der Waals surface area (Å²) >= 11 is 1.53. The Kier molecular flexibility index (Phi) is 4.31. The second-order valence-corrected chi connectivity index (χ2v) is 5.51. The molecule has 0 bridgehead atoms. The molecule has 1 aliphatic heterocycles. The number of carbonyl (C=O) groups excluding carboxylic acids is 1. The van der Waals surface area contributed by atoms with Gasteiger partial charge in [0.2, 0.25) is 5.91 Å². The Labute approximate surface area is 112 Å². The first-order chi connectivity index (χ1) is 8.60. The van der Waals surface area contributed by atoms with E-state index in [1.165, 1.54) is 11.3 Å². The van der Waals surface area contributed by atoms with Crippen molar-refractivity contribution in [1.29, 1.82) is 0 Å². The molecule has 0 saturated carbocycles. The van der Waals surface area contributed by atoms with E-state index in [2.05, 4.69) is 9.88 Å². The molecule has 18 heavy (non-hydrogen) atoms. The van der Waals surface area contributed by atoms with Crippen LogP contribution in [0.5, 0.6) is 0 Å². The number of likely N-dealkylation sites (tertiary alicyclic amines) is 1. The van der Waals surface area contributed by atoms with Gasteiger partial charge in [-0.25, -0.2) is 4.98 Å². The van der Waals surface area contributed by atoms with E-state index in [-0.39, 0.29) is 5.91 Å². The average Bonchev–Trinajstić information content (AvgIpc) is 2.90. The van der Waals surface area contributed by atoms with E-state index in [1.807, 2.05) is 12.3 Å². The van der Waals surface area contributed by atoms with Gasteiger partial charge in [0, 0.05) is 44.5 Å². The topological polar surface area (TPSA) is 62.5 Å². The molecule has 0 unspecified atom stereocenters. The molecule has 2 N–H and O–H groups in total. The Bertz CT molecular complexity index is 420. The van der Waals surface area contributed by atoms with Gasteiger partial charge in [0.05, 0.1) is 5.69 Å². The van der Waals surface area contributed by atoms with Gasteiger partial charge < -0.3 is 5.73 Å². The number of rotatable bonds is 4. The summed E-state index contributed by atoms with van der Waals surface area (Å²) in [5.74, 6) is 0.0431. The molecule has 0 aromatic carbocycles. The molecule has 2 heterocycles. The van der Waals surface area contributed by atoms with Crippen molar-refractivity contribution in [2.45, 2.75) is 32.9 Å². The van der Waals surface area contributed by atoms with Crippen LogP contribution in [0.3, 0.4) is 0 Å². The highest BCUT2D eigenvalue weighted by Crippen LogP contribution is 2.22. The second-order valence-electron chi connectivity index (χ2n) is 4.67. The summed E-state index contributed by atoms with van der Waals surface area (Å²) in [6.45, 7) is 7.01. The van der Waals surface area contributed by atoms with Gasteiger partial charge in [-0.05, 0) is 13.3 Å². The first kappa shape index (κ1) is 13.5. The zero-order valence-electron chi connectivity index (χ0n) is 10.9. The fraction of sp³-hybridized carbons (Fsp3) is 0.667. The molecule has 1 aliphatic rings. The highest BCUT2D eigenvalue weighted by atomic mass is 32.1. The number of aromatic nitrogens is 1. The van der Waals surface area contributed by atoms with Crippen LogP contribution in [-0.2, 0) is 11.3 Å². The fourth-order valence-corrected chi connectivity index (χ4v) is 3.14. The van der Waals surface area contributed by atoms with Crippen molar-refractivity contribution >= 4 is 22.4 Å². The lowest BCUT2D eigenvalue weighted by molar-refractivity contribution is -0.116. The number of nitrogens with two attached hydrogens (primary N) is 1. The van der Waals surface area contributed by atoms with Crippen LogP contribution in [0.15, 0.2) is 5.38 Å². The van der Waals surface area contributed by atoms with E-state index in [1.54, 1.807) is 11.8 Å². The third-order valence-corrected chi connectivity index (χ3v) is 4.07. The number of carbonyl (C=O) groups is 1. The number of nitrogens with zero attached hydrogens (tertiary/aromatic N) is 3. The van der Waals surface area contributed by atoms with Crippen LogP contribution in [0.4, 0.5) is 5.13 Å². The zero-order valence-corrected chi connectivity index (χ0v) is 11.7. The van der Waals surface area contributed by atoms with Crippen LogP contribution in [-0.4, -0.2) is 41.5 Å². The maximum absolute atomic E-state index is 11.4. The fourth-order valence-electron chi connectivity index (χ4n) is 2.22. The van der Waals surface area contributed by atoms with Gasteiger partial charge in [0.25, 0.3) is 0 Å². The number of hydrogen-bond acceptors (Lipinski definition) is 5. The minimum absolute atomic E-state index is 0.0431. The van der Waals surface area contributed by atoms with Gasteiger partial charge in [0.1, 0.15) is 0 Å². The van der Waals surface area contributed by atoms with Crippen LogP contribution in [0.25, 0.3) is 0 Å². The molecular weight excluding hydrogens is 248 g/mol. The van der Waals surface area contributed by atoms with Crippen LogP contribution in [0.2, 0.25) is 0 Å². The molecule has 1 atom stereocenters. The summed E-state index contributed by atoms with van der Waals surface area (Å²) in [6.07, 6.45) is 1.06. The largest absolute Gasteiger partial charge is 0.326 e. The highest BCUT2D eigenvalue weighted by Gasteiger charge is 2.20. The van der Waals surface area contributed by atoms with Crippen LogP contribution in [0, 0.1) is 0 Å². The lowest BCUT2D eigenvalue weighted by Crippen LogP contribution is -2.28. The maximum Gasteiger partial charge on any atom is 0.225 e. The Balaban J connectivity index is 1.99. The maximum atomic E-state index is 11.4.